The minimum absolute atomic E-state index is 0.0295. The first-order valence-electron chi connectivity index (χ1n) is 51.1. The lowest BCUT2D eigenvalue weighted by atomic mass is 10.1. The number of amides is 3. The summed E-state index contributed by atoms with van der Waals surface area (Å²) in [6.45, 7) is 21.0. The van der Waals surface area contributed by atoms with Gasteiger partial charge in [-0.15, -0.1) is 0 Å². The van der Waals surface area contributed by atoms with Crippen LogP contribution in [-0.2, 0) is 65.4 Å². The number of aryl methyl sites for hydroxylation is 3. The molecule has 21 nitrogen and oxygen atoms in total. The molecule has 748 valence electrons. The van der Waals surface area contributed by atoms with Gasteiger partial charge >= 0.3 is 0 Å². The summed E-state index contributed by atoms with van der Waals surface area (Å²) in [5, 5.41) is 40.2. The number of methoxy groups -OCH3 is 3. The first-order valence-corrected chi connectivity index (χ1v) is 51.1. The number of nitrogens with two attached hydrogens (primary N) is 1. The number of carbonyl (C=O) groups excluding carboxylic acids is 3. The van der Waals surface area contributed by atoms with Gasteiger partial charge in [0, 0.05) is 236 Å². The van der Waals surface area contributed by atoms with E-state index in [1.54, 1.807) is 45.6 Å². The number of ether oxygens (including phenoxy) is 3. The van der Waals surface area contributed by atoms with Crippen LogP contribution in [0.1, 0.15) is 108 Å². The zero-order chi connectivity index (χ0) is 102. The number of hydrogen-bond acceptors (Lipinski definition) is 13. The standard InChI is InChI=1S/C30H29N3O.C28H30N4.C25H27N3O2.C23H23N3O2.C21H20N2O/c1-22-8-7-11-25(18-22)30(34)32-17-16-31-20-24-14-15-29-27(19-24)26-12-5-6-13-28(26)33(29)21-23-9-3-2-4-10-23;1-19(2)13-14-32-26-6-4-3-5-23(26)24-15-20(8-11-27(24)32)17-30-18-21-7-9-22-10-12-28(29)31-25(22)16-21;1-3-28-23-10-5-4-9-21(23)22-15-18(11-12-24(22)28)17-26-13-14-27-25(29)19-7-6-8-20(16-19)30-2;1-28-18-6-4-5-17(14-18)23(27)25-12-11-24-15-16-9-10-22-20(13-16)19-7-2-3-8-21(19)26-22;1-24-17-9-6-15(7-10-17)13-22-14-16-8-11-21-19(12-16)18-4-2-3-5-20(18)23-21/h2-15,18-19,31H,16-17,20-21H2,1H3,(H,32,34);3-12,15-16,19,30H,13-14,17-18H2,1-2H3,(H2,29,31);4-12,15-16,26H,3,13-14,17H2,1-2H3,(H,27,29);2-10,13-14,24,26H,11-12,15H2,1H3,(H,25,27);2-12,22-23H,13-14H2,1H3. The first-order chi connectivity index (χ1) is 72.5. The van der Waals surface area contributed by atoms with E-state index < -0.39 is 0 Å². The average Bonchev–Trinajstić information content (AvgIpc) is 1.63. The number of nitrogens with one attached hydrogen (secondary N) is 10. The Hall–Kier alpha value is -16.7. The number of nitrogens with zero attached hydrogens (tertiary/aromatic N) is 4. The summed E-state index contributed by atoms with van der Waals surface area (Å²) in [5.74, 6) is 3.28. The third kappa shape index (κ3) is 25.3. The van der Waals surface area contributed by atoms with Crippen LogP contribution in [0.2, 0.25) is 0 Å². The summed E-state index contributed by atoms with van der Waals surface area (Å²) in [6.07, 6.45) is 1.18. The third-order valence-corrected chi connectivity index (χ3v) is 27.0. The van der Waals surface area contributed by atoms with Crippen LogP contribution in [0.25, 0.3) is 120 Å². The maximum Gasteiger partial charge on any atom is 0.251 e. The number of H-pyrrole nitrogens is 2. The van der Waals surface area contributed by atoms with E-state index in [1.807, 2.05) is 85.8 Å². The van der Waals surface area contributed by atoms with Crippen molar-refractivity contribution >= 4 is 143 Å². The Morgan fingerprint density at radius 2 is 0.676 bits per heavy atom. The molecule has 6 aromatic heterocycles. The van der Waals surface area contributed by atoms with E-state index in [-0.39, 0.29) is 17.7 Å². The zero-order valence-corrected chi connectivity index (χ0v) is 85.1. The summed E-state index contributed by atoms with van der Waals surface area (Å²) in [7, 11) is 4.88. The quantitative estimate of drug-likeness (QED) is 0.0165. The van der Waals surface area contributed by atoms with Crippen molar-refractivity contribution in [1.82, 2.24) is 71.2 Å². The minimum atomic E-state index is -0.0964. The maximum absolute atomic E-state index is 12.3. The Balaban J connectivity index is 0.000000122. The smallest absolute Gasteiger partial charge is 0.251 e. The highest BCUT2D eigenvalue weighted by atomic mass is 16.5. The number of pyridine rings is 1. The molecule has 0 fully saturated rings. The van der Waals surface area contributed by atoms with Crippen molar-refractivity contribution in [3.63, 3.8) is 0 Å². The van der Waals surface area contributed by atoms with Crippen LogP contribution in [0, 0.1) is 12.8 Å². The molecule has 21 heteroatoms. The Morgan fingerprint density at radius 1 is 0.311 bits per heavy atom. The summed E-state index contributed by atoms with van der Waals surface area (Å²) in [6, 6.07) is 127. The van der Waals surface area contributed by atoms with E-state index >= 15 is 0 Å². The van der Waals surface area contributed by atoms with Gasteiger partial charge in [-0.2, -0.15) is 0 Å². The van der Waals surface area contributed by atoms with Gasteiger partial charge in [-0.3, -0.25) is 14.4 Å². The van der Waals surface area contributed by atoms with Crippen molar-refractivity contribution in [3.8, 4) is 17.2 Å². The fourth-order valence-electron chi connectivity index (χ4n) is 19.4. The van der Waals surface area contributed by atoms with Crippen molar-refractivity contribution in [3.05, 3.63) is 437 Å². The molecule has 0 aliphatic carbocycles. The van der Waals surface area contributed by atoms with E-state index in [0.29, 0.717) is 79.2 Å². The summed E-state index contributed by atoms with van der Waals surface area (Å²) in [4.78, 5) is 48.1. The Labute approximate surface area is 863 Å². The normalized spacial score (nSPS) is 11.3. The number of aromatic amines is 2. The Bertz CT molecular complexity index is 8340. The van der Waals surface area contributed by atoms with E-state index in [2.05, 4.69) is 359 Å². The fourth-order valence-corrected chi connectivity index (χ4v) is 19.4. The second-order valence-corrected chi connectivity index (χ2v) is 37.8. The molecule has 3 amide bonds. The van der Waals surface area contributed by atoms with Gasteiger partial charge in [-0.1, -0.05) is 220 Å². The summed E-state index contributed by atoms with van der Waals surface area (Å²) >= 11 is 0. The van der Waals surface area contributed by atoms with Gasteiger partial charge < -0.3 is 86.1 Å². The van der Waals surface area contributed by atoms with Gasteiger partial charge in [-0.05, 0) is 241 Å². The number of aromatic nitrogens is 6. The van der Waals surface area contributed by atoms with Crippen LogP contribution in [-0.4, -0.2) is 107 Å². The molecule has 0 aliphatic heterocycles. The molecule has 0 spiro atoms. The minimum Gasteiger partial charge on any atom is -0.497 e. The predicted octanol–water partition coefficient (Wildman–Crippen LogP) is 24.7. The van der Waals surface area contributed by atoms with Gasteiger partial charge in [0.2, 0.25) is 0 Å². The molecule has 16 aromatic carbocycles. The second-order valence-electron chi connectivity index (χ2n) is 37.8. The summed E-state index contributed by atoms with van der Waals surface area (Å²) in [5.41, 5.74) is 32.2. The van der Waals surface area contributed by atoms with Crippen LogP contribution in [0.15, 0.2) is 370 Å². The lowest BCUT2D eigenvalue weighted by molar-refractivity contribution is 0.0945. The summed E-state index contributed by atoms with van der Waals surface area (Å²) < 4.78 is 22.8. The lowest BCUT2D eigenvalue weighted by Crippen LogP contribution is -2.31. The molecule has 6 heterocycles. The molecule has 0 saturated heterocycles. The predicted molar refractivity (Wildman–Crippen MR) is 610 cm³/mol. The van der Waals surface area contributed by atoms with Crippen LogP contribution < -0.4 is 62.5 Å². The molecular weight excluding hydrogens is 1830 g/mol. The van der Waals surface area contributed by atoms with Gasteiger partial charge in [0.25, 0.3) is 17.7 Å². The first kappa shape index (κ1) is 101. The molecule has 0 radical (unpaired) electrons. The molecule has 0 unspecified atom stereocenters. The number of hydrogen-bond donors (Lipinski definition) is 11. The lowest BCUT2D eigenvalue weighted by Gasteiger charge is -2.10. The van der Waals surface area contributed by atoms with Crippen molar-refractivity contribution < 1.29 is 28.6 Å². The number of benzene rings is 16. The highest BCUT2D eigenvalue weighted by Crippen LogP contribution is 2.36. The molecular formula is C127H129N15O6. The topological polar surface area (TPSA) is 260 Å². The van der Waals surface area contributed by atoms with E-state index in [1.165, 1.54) is 149 Å². The maximum atomic E-state index is 12.3. The number of fused-ring (bicyclic) bond motifs is 16. The number of carbonyl (C=O) groups is 3. The molecule has 0 saturated carbocycles. The third-order valence-electron chi connectivity index (χ3n) is 27.0. The number of para-hydroxylation sites is 5. The second kappa shape index (κ2) is 49.3. The van der Waals surface area contributed by atoms with Crippen LogP contribution >= 0.6 is 0 Å². The van der Waals surface area contributed by atoms with E-state index in [4.69, 9.17) is 19.9 Å². The van der Waals surface area contributed by atoms with Gasteiger partial charge in [0.1, 0.15) is 23.1 Å². The highest BCUT2D eigenvalue weighted by molar-refractivity contribution is 6.12. The van der Waals surface area contributed by atoms with Gasteiger partial charge in [0.05, 0.1) is 26.8 Å². The van der Waals surface area contributed by atoms with Crippen molar-refractivity contribution in [2.24, 2.45) is 5.92 Å². The molecule has 0 atom stereocenters. The Morgan fingerprint density at radius 3 is 1.15 bits per heavy atom. The SMILES string of the molecule is CC(C)CCn1c2ccccc2c2cc(CNCc3ccc4ccc(N)nc4c3)ccc21.CCn1c2ccccc2c2cc(CNCCNC(=O)c3cccc(OC)c3)ccc21.COc1ccc(CNCc2ccc3[nH]c4ccccc4c3c2)cc1.COc1cccc(C(=O)NCCNCc2ccc3[nH]c4ccccc4c3c2)c1.Cc1cccc(C(=O)NCCNCc2ccc3c(c2)c2ccccc2n3Cc2ccccc2)c1. The highest BCUT2D eigenvalue weighted by Gasteiger charge is 2.19. The molecule has 22 rings (SSSR count). The largest absolute Gasteiger partial charge is 0.497 e. The van der Waals surface area contributed by atoms with E-state index in [0.717, 1.165) is 98.7 Å². The Kier molecular flexibility index (Phi) is 33.8. The number of anilines is 1. The van der Waals surface area contributed by atoms with Crippen LogP contribution in [0.3, 0.4) is 0 Å². The van der Waals surface area contributed by atoms with Gasteiger partial charge in [-0.25, -0.2) is 4.98 Å². The molecule has 0 bridgehead atoms. The van der Waals surface area contributed by atoms with Gasteiger partial charge in [0.15, 0.2) is 0 Å². The van der Waals surface area contributed by atoms with Crippen molar-refractivity contribution in [2.45, 2.75) is 99.6 Å². The van der Waals surface area contributed by atoms with Crippen LogP contribution in [0.5, 0.6) is 17.2 Å². The fraction of sp³-hybridized carbons (Fsp3) is 0.197. The molecule has 12 N–H and O–H groups in total. The average molecular weight is 1960 g/mol. The number of nitrogen functional groups attached to an aromatic ring is 1. The van der Waals surface area contributed by atoms with E-state index in [9.17, 15) is 14.4 Å². The molecule has 148 heavy (non-hydrogen) atoms. The van der Waals surface area contributed by atoms with Crippen molar-refractivity contribution in [1.29, 1.82) is 0 Å². The molecule has 22 aromatic rings. The number of rotatable bonds is 35. The van der Waals surface area contributed by atoms with Crippen molar-refractivity contribution in [2.75, 3.05) is 66.3 Å². The van der Waals surface area contributed by atoms with Crippen LogP contribution in [0.4, 0.5) is 5.82 Å². The monoisotopic (exact) mass is 1960 g/mol. The zero-order valence-electron chi connectivity index (χ0n) is 85.1. The molecule has 0 aliphatic rings.